The van der Waals surface area contributed by atoms with Gasteiger partial charge in [-0.25, -0.2) is 9.97 Å². The van der Waals surface area contributed by atoms with E-state index >= 15 is 0 Å². The highest BCUT2D eigenvalue weighted by Crippen LogP contribution is 2.26. The van der Waals surface area contributed by atoms with Crippen LogP contribution in [0.25, 0.3) is 10.9 Å². The number of rotatable bonds is 7. The quantitative estimate of drug-likeness (QED) is 0.314. The van der Waals surface area contributed by atoms with E-state index in [1.54, 1.807) is 24.3 Å². The lowest BCUT2D eigenvalue weighted by Gasteiger charge is -2.10. The first-order chi connectivity index (χ1) is 15.6. The van der Waals surface area contributed by atoms with Crippen LogP contribution in [-0.4, -0.2) is 27.5 Å². The summed E-state index contributed by atoms with van der Waals surface area (Å²) in [5.74, 6) is 0.616. The van der Waals surface area contributed by atoms with E-state index in [-0.39, 0.29) is 17.6 Å². The number of aromatic nitrogens is 2. The van der Waals surface area contributed by atoms with Gasteiger partial charge in [-0.05, 0) is 29.8 Å². The van der Waals surface area contributed by atoms with Crippen LogP contribution < -0.4 is 10.6 Å². The molecule has 0 fully saturated rings. The van der Waals surface area contributed by atoms with Gasteiger partial charge in [0.1, 0.15) is 10.9 Å². The Morgan fingerprint density at radius 2 is 1.56 bits per heavy atom. The number of amides is 2. The average Bonchev–Trinajstić information content (AvgIpc) is 2.78. The largest absolute Gasteiger partial charge is 0.326 e. The Hall–Kier alpha value is -3.71. The second kappa shape index (κ2) is 10.1. The van der Waals surface area contributed by atoms with Gasteiger partial charge in [-0.3, -0.25) is 9.59 Å². The summed E-state index contributed by atoms with van der Waals surface area (Å²) in [7, 11) is 0. The average molecular weight is 443 g/mol. The molecule has 4 rings (SSSR count). The highest BCUT2D eigenvalue weighted by Gasteiger charge is 2.12. The molecule has 1 aromatic heterocycles. The van der Waals surface area contributed by atoms with E-state index in [4.69, 9.17) is 9.97 Å². The predicted molar refractivity (Wildman–Crippen MR) is 129 cm³/mol. The number of carbonyl (C=O) groups is 2. The number of carbonyl (C=O) groups excluding carboxylic acids is 2. The van der Waals surface area contributed by atoms with Gasteiger partial charge in [0.15, 0.2) is 0 Å². The molecule has 1 heterocycles. The van der Waals surface area contributed by atoms with E-state index in [0.717, 1.165) is 27.3 Å². The van der Waals surface area contributed by atoms with Gasteiger partial charge in [-0.15, -0.1) is 0 Å². The summed E-state index contributed by atoms with van der Waals surface area (Å²) in [5.41, 5.74) is 3.25. The Morgan fingerprint density at radius 3 is 2.34 bits per heavy atom. The molecule has 2 N–H and O–H groups in total. The minimum absolute atomic E-state index is 0.151. The summed E-state index contributed by atoms with van der Waals surface area (Å²) < 4.78 is 0. The standard InChI is InChI=1S/C25H22N4O2S/c1-17(30)26-19-10-7-11-20(15-19)27-24(31)16-32-25-21-12-5-6-13-22(21)28-23(29-25)14-18-8-3-2-4-9-18/h2-13,15H,14,16H2,1H3,(H,26,30)(H,27,31). The Morgan fingerprint density at radius 1 is 0.844 bits per heavy atom. The highest BCUT2D eigenvalue weighted by atomic mass is 32.2. The van der Waals surface area contributed by atoms with E-state index in [2.05, 4.69) is 10.6 Å². The molecule has 4 aromatic rings. The van der Waals surface area contributed by atoms with Crippen LogP contribution in [0.5, 0.6) is 0 Å². The molecule has 7 heteroatoms. The van der Waals surface area contributed by atoms with Crippen LogP contribution in [-0.2, 0) is 16.0 Å². The third-order valence-corrected chi connectivity index (χ3v) is 5.62. The SMILES string of the molecule is CC(=O)Nc1cccc(NC(=O)CSc2nc(Cc3ccccc3)nc3ccccc23)c1. The van der Waals surface area contributed by atoms with Gasteiger partial charge < -0.3 is 10.6 Å². The Labute approximate surface area is 190 Å². The number of nitrogens with one attached hydrogen (secondary N) is 2. The molecule has 0 spiro atoms. The Kier molecular flexibility index (Phi) is 6.77. The molecule has 0 atom stereocenters. The number of thioether (sulfide) groups is 1. The lowest BCUT2D eigenvalue weighted by Crippen LogP contribution is -2.15. The van der Waals surface area contributed by atoms with E-state index in [0.29, 0.717) is 17.8 Å². The summed E-state index contributed by atoms with van der Waals surface area (Å²) in [6.07, 6.45) is 0.626. The van der Waals surface area contributed by atoms with Crippen LogP contribution >= 0.6 is 11.8 Å². The first-order valence-corrected chi connectivity index (χ1v) is 11.2. The minimum atomic E-state index is -0.161. The second-order valence-corrected chi connectivity index (χ2v) is 8.19. The van der Waals surface area contributed by atoms with Crippen LogP contribution in [0.15, 0.2) is 83.9 Å². The third-order valence-electron chi connectivity index (χ3n) is 4.63. The van der Waals surface area contributed by atoms with Crippen LogP contribution in [0.4, 0.5) is 11.4 Å². The predicted octanol–water partition coefficient (Wildman–Crippen LogP) is 4.91. The number of benzene rings is 3. The van der Waals surface area contributed by atoms with Gasteiger partial charge in [-0.1, -0.05) is 66.4 Å². The van der Waals surface area contributed by atoms with Gasteiger partial charge in [-0.2, -0.15) is 0 Å². The normalized spacial score (nSPS) is 10.7. The van der Waals surface area contributed by atoms with Gasteiger partial charge >= 0.3 is 0 Å². The molecule has 32 heavy (non-hydrogen) atoms. The fourth-order valence-corrected chi connectivity index (χ4v) is 4.11. The fraction of sp³-hybridized carbons (Fsp3) is 0.120. The summed E-state index contributed by atoms with van der Waals surface area (Å²) in [4.78, 5) is 33.3. The maximum atomic E-state index is 12.6. The first-order valence-electron chi connectivity index (χ1n) is 10.2. The molecule has 2 amide bonds. The van der Waals surface area contributed by atoms with E-state index < -0.39 is 0 Å². The molecule has 0 bridgehead atoms. The number of hydrogen-bond donors (Lipinski definition) is 2. The molecule has 160 valence electrons. The third kappa shape index (κ3) is 5.70. The van der Waals surface area contributed by atoms with Crippen molar-refractivity contribution in [3.63, 3.8) is 0 Å². The zero-order valence-electron chi connectivity index (χ0n) is 17.5. The molecule has 6 nitrogen and oxygen atoms in total. The van der Waals surface area contributed by atoms with Crippen LogP contribution in [0.3, 0.4) is 0 Å². The Bertz CT molecular complexity index is 1260. The first kappa shape index (κ1) is 21.5. The number of fused-ring (bicyclic) bond motifs is 1. The van der Waals surface area contributed by atoms with Crippen molar-refractivity contribution >= 4 is 45.9 Å². The monoisotopic (exact) mass is 442 g/mol. The number of para-hydroxylation sites is 1. The van der Waals surface area contributed by atoms with Crippen molar-refractivity contribution in [2.24, 2.45) is 0 Å². The maximum absolute atomic E-state index is 12.6. The summed E-state index contributed by atoms with van der Waals surface area (Å²) in [6.45, 7) is 1.44. The zero-order valence-corrected chi connectivity index (χ0v) is 18.4. The molecule has 0 saturated heterocycles. The van der Waals surface area contributed by atoms with Gasteiger partial charge in [0.25, 0.3) is 0 Å². The van der Waals surface area contributed by atoms with E-state index in [1.165, 1.54) is 18.7 Å². The summed E-state index contributed by atoms with van der Waals surface area (Å²) >= 11 is 1.38. The molecule has 0 unspecified atom stereocenters. The van der Waals surface area contributed by atoms with Crippen molar-refractivity contribution in [2.45, 2.75) is 18.4 Å². The second-order valence-electron chi connectivity index (χ2n) is 7.22. The summed E-state index contributed by atoms with van der Waals surface area (Å²) in [5, 5.41) is 7.29. The molecule has 0 radical (unpaired) electrons. The fourth-order valence-electron chi connectivity index (χ4n) is 3.27. The van der Waals surface area contributed by atoms with Gasteiger partial charge in [0.2, 0.25) is 11.8 Å². The lowest BCUT2D eigenvalue weighted by atomic mass is 10.1. The van der Waals surface area contributed by atoms with Crippen molar-refractivity contribution in [3.8, 4) is 0 Å². The van der Waals surface area contributed by atoms with Crippen molar-refractivity contribution in [2.75, 3.05) is 16.4 Å². The zero-order chi connectivity index (χ0) is 22.3. The van der Waals surface area contributed by atoms with Crippen molar-refractivity contribution in [3.05, 3.63) is 90.3 Å². The van der Waals surface area contributed by atoms with Crippen LogP contribution in [0, 0.1) is 0 Å². The van der Waals surface area contributed by atoms with E-state index in [1.807, 2.05) is 54.6 Å². The molecule has 0 aliphatic rings. The van der Waals surface area contributed by atoms with Crippen LogP contribution in [0.1, 0.15) is 18.3 Å². The van der Waals surface area contributed by atoms with Crippen molar-refractivity contribution < 1.29 is 9.59 Å². The van der Waals surface area contributed by atoms with Gasteiger partial charge in [0, 0.05) is 30.1 Å². The number of nitrogens with zero attached hydrogens (tertiary/aromatic N) is 2. The molecular weight excluding hydrogens is 420 g/mol. The van der Waals surface area contributed by atoms with E-state index in [9.17, 15) is 9.59 Å². The van der Waals surface area contributed by atoms with Crippen LogP contribution in [0.2, 0.25) is 0 Å². The lowest BCUT2D eigenvalue weighted by molar-refractivity contribution is -0.114. The van der Waals surface area contributed by atoms with Crippen molar-refractivity contribution in [1.29, 1.82) is 0 Å². The molecule has 0 aliphatic carbocycles. The molecule has 0 saturated carbocycles. The molecule has 0 aliphatic heterocycles. The highest BCUT2D eigenvalue weighted by molar-refractivity contribution is 8.00. The topological polar surface area (TPSA) is 84.0 Å². The molecule has 3 aromatic carbocycles. The summed E-state index contributed by atoms with van der Waals surface area (Å²) in [6, 6.07) is 25.0. The Balaban J connectivity index is 1.48. The minimum Gasteiger partial charge on any atom is -0.326 e. The molecular formula is C25H22N4O2S. The smallest absolute Gasteiger partial charge is 0.234 e. The van der Waals surface area contributed by atoms with Crippen molar-refractivity contribution in [1.82, 2.24) is 9.97 Å². The maximum Gasteiger partial charge on any atom is 0.234 e. The van der Waals surface area contributed by atoms with Gasteiger partial charge in [0.05, 0.1) is 11.3 Å². The number of anilines is 2. The number of hydrogen-bond acceptors (Lipinski definition) is 5.